The van der Waals surface area contributed by atoms with Gasteiger partial charge in [-0.1, -0.05) is 6.07 Å². The number of nitrogens with zero attached hydrogens (tertiary/aromatic N) is 6. The minimum atomic E-state index is -4.48. The van der Waals surface area contributed by atoms with Gasteiger partial charge in [-0.15, -0.1) is 10.2 Å². The average Bonchev–Trinajstić information content (AvgIpc) is 3.43. The van der Waals surface area contributed by atoms with E-state index in [4.69, 9.17) is 4.74 Å². The minimum absolute atomic E-state index is 0.0635. The summed E-state index contributed by atoms with van der Waals surface area (Å²) in [7, 11) is 1.61. The summed E-state index contributed by atoms with van der Waals surface area (Å²) in [6.07, 6.45) is 0.00101. The molecule has 0 fully saturated rings. The summed E-state index contributed by atoms with van der Waals surface area (Å²) in [5, 5.41) is 10.9. The van der Waals surface area contributed by atoms with Crippen LogP contribution in [0.3, 0.4) is 0 Å². The number of anilines is 1. The maximum absolute atomic E-state index is 13.2. The number of nitrogens with one attached hydrogen (secondary N) is 1. The van der Waals surface area contributed by atoms with Gasteiger partial charge in [0, 0.05) is 31.4 Å². The van der Waals surface area contributed by atoms with Crippen molar-refractivity contribution >= 4 is 22.6 Å². The van der Waals surface area contributed by atoms with Crippen LogP contribution in [0, 0.1) is 0 Å². The highest BCUT2D eigenvalue weighted by Crippen LogP contribution is 2.32. The summed E-state index contributed by atoms with van der Waals surface area (Å²) in [6, 6.07) is 6.28. The van der Waals surface area contributed by atoms with Crippen LogP contribution >= 0.6 is 0 Å². The van der Waals surface area contributed by atoms with Gasteiger partial charge in [0.25, 0.3) is 5.91 Å². The number of carbonyl (C=O) groups is 1. The SMILES string of the molecule is COCCn1ccc2cnc(C(=O)Nc3cccc(-c4nncn4C(C)C(F)(F)F)n3)cc21. The molecule has 4 rings (SSSR count). The first kappa shape index (κ1) is 22.4. The molecule has 0 aliphatic carbocycles. The Balaban J connectivity index is 1.57. The van der Waals surface area contributed by atoms with Crippen LogP contribution in [0.2, 0.25) is 0 Å². The molecular weight excluding hydrogens is 439 g/mol. The predicted molar refractivity (Wildman–Crippen MR) is 114 cm³/mol. The molecule has 1 N–H and O–H groups in total. The van der Waals surface area contributed by atoms with E-state index in [1.165, 1.54) is 12.1 Å². The van der Waals surface area contributed by atoms with Gasteiger partial charge in [0.2, 0.25) is 0 Å². The van der Waals surface area contributed by atoms with E-state index in [2.05, 4.69) is 25.5 Å². The Hall–Kier alpha value is -3.80. The molecule has 1 atom stereocenters. The number of aromatic nitrogens is 6. The third kappa shape index (κ3) is 4.70. The van der Waals surface area contributed by atoms with Crippen LogP contribution in [0.15, 0.2) is 49.1 Å². The molecule has 1 unspecified atom stereocenters. The second-order valence-corrected chi connectivity index (χ2v) is 7.27. The quantitative estimate of drug-likeness (QED) is 0.452. The van der Waals surface area contributed by atoms with Crippen molar-refractivity contribution in [1.29, 1.82) is 0 Å². The molecule has 0 aliphatic rings. The molecule has 1 amide bonds. The van der Waals surface area contributed by atoms with Crippen molar-refractivity contribution in [2.75, 3.05) is 19.0 Å². The Bertz CT molecular complexity index is 1280. The van der Waals surface area contributed by atoms with E-state index in [-0.39, 0.29) is 23.0 Å². The van der Waals surface area contributed by atoms with E-state index in [0.29, 0.717) is 13.2 Å². The van der Waals surface area contributed by atoms with Crippen molar-refractivity contribution in [2.45, 2.75) is 25.7 Å². The van der Waals surface area contributed by atoms with Crippen LogP contribution in [0.5, 0.6) is 0 Å². The molecule has 0 radical (unpaired) electrons. The maximum atomic E-state index is 13.2. The zero-order valence-corrected chi connectivity index (χ0v) is 17.7. The van der Waals surface area contributed by atoms with E-state index in [9.17, 15) is 18.0 Å². The summed E-state index contributed by atoms with van der Waals surface area (Å²) < 4.78 is 47.4. The summed E-state index contributed by atoms with van der Waals surface area (Å²) in [5.74, 6) is -0.430. The number of halogens is 3. The number of hydrogen-bond donors (Lipinski definition) is 1. The van der Waals surface area contributed by atoms with Crippen molar-refractivity contribution in [1.82, 2.24) is 29.3 Å². The van der Waals surface area contributed by atoms with Crippen LogP contribution in [-0.2, 0) is 11.3 Å². The molecule has 4 heterocycles. The van der Waals surface area contributed by atoms with Crippen LogP contribution in [0.1, 0.15) is 23.5 Å². The van der Waals surface area contributed by atoms with Gasteiger partial charge < -0.3 is 19.2 Å². The van der Waals surface area contributed by atoms with Crippen molar-refractivity contribution in [3.05, 3.63) is 54.7 Å². The van der Waals surface area contributed by atoms with E-state index < -0.39 is 18.1 Å². The second-order valence-electron chi connectivity index (χ2n) is 7.27. The molecule has 9 nitrogen and oxygen atoms in total. The third-order valence-electron chi connectivity index (χ3n) is 5.11. The minimum Gasteiger partial charge on any atom is -0.383 e. The molecule has 4 aromatic heterocycles. The number of amides is 1. The van der Waals surface area contributed by atoms with Crippen LogP contribution in [0.4, 0.5) is 19.0 Å². The molecule has 12 heteroatoms. The molecule has 4 aromatic rings. The largest absolute Gasteiger partial charge is 0.408 e. The molecule has 0 saturated carbocycles. The first-order valence-corrected chi connectivity index (χ1v) is 9.96. The number of pyridine rings is 2. The van der Waals surface area contributed by atoms with Crippen molar-refractivity contribution < 1.29 is 22.7 Å². The number of methoxy groups -OCH3 is 1. The van der Waals surface area contributed by atoms with Crippen molar-refractivity contribution in [3.8, 4) is 11.5 Å². The zero-order valence-electron chi connectivity index (χ0n) is 17.7. The Morgan fingerprint density at radius 1 is 1.27 bits per heavy atom. The molecule has 0 saturated heterocycles. The summed E-state index contributed by atoms with van der Waals surface area (Å²) in [5.41, 5.74) is 1.13. The van der Waals surface area contributed by atoms with Gasteiger partial charge >= 0.3 is 6.18 Å². The van der Waals surface area contributed by atoms with Crippen LogP contribution in [-0.4, -0.2) is 55.1 Å². The number of rotatable bonds is 7. The first-order valence-electron chi connectivity index (χ1n) is 9.96. The van der Waals surface area contributed by atoms with Crippen LogP contribution < -0.4 is 5.32 Å². The topological polar surface area (TPSA) is 99.8 Å². The fraction of sp³-hybridized carbons (Fsp3) is 0.286. The van der Waals surface area contributed by atoms with Crippen molar-refractivity contribution in [3.63, 3.8) is 0 Å². The van der Waals surface area contributed by atoms with Gasteiger partial charge in [0.15, 0.2) is 5.82 Å². The Labute approximate surface area is 186 Å². The molecule has 0 bridgehead atoms. The number of hydrogen-bond acceptors (Lipinski definition) is 6. The number of alkyl halides is 3. The molecular formula is C21H20F3N7O2. The Morgan fingerprint density at radius 3 is 2.85 bits per heavy atom. The Morgan fingerprint density at radius 2 is 2.09 bits per heavy atom. The van der Waals surface area contributed by atoms with Gasteiger partial charge in [-0.25, -0.2) is 4.98 Å². The van der Waals surface area contributed by atoms with Crippen molar-refractivity contribution in [2.24, 2.45) is 0 Å². The highest BCUT2D eigenvalue weighted by molar-refractivity contribution is 6.04. The third-order valence-corrected chi connectivity index (χ3v) is 5.11. The predicted octanol–water partition coefficient (Wildman–Crippen LogP) is 3.71. The first-order chi connectivity index (χ1) is 15.8. The van der Waals surface area contributed by atoms with E-state index in [1.54, 1.807) is 25.4 Å². The molecule has 0 spiro atoms. The van der Waals surface area contributed by atoms with Gasteiger partial charge in [-0.05, 0) is 31.2 Å². The molecule has 0 aromatic carbocycles. The molecule has 33 heavy (non-hydrogen) atoms. The van der Waals surface area contributed by atoms with E-state index in [0.717, 1.165) is 28.7 Å². The normalized spacial score (nSPS) is 12.8. The monoisotopic (exact) mass is 459 g/mol. The fourth-order valence-electron chi connectivity index (χ4n) is 3.27. The van der Waals surface area contributed by atoms with E-state index in [1.807, 2.05) is 16.8 Å². The maximum Gasteiger partial charge on any atom is 0.408 e. The number of fused-ring (bicyclic) bond motifs is 1. The standard InChI is InChI=1S/C21H20F3N7O2/c1-13(21(22,23)24)31-12-26-29-19(31)15-4-3-5-18(27-15)28-20(32)16-10-17-14(11-25-16)6-7-30(17)8-9-33-2/h3-7,10-13H,8-9H2,1-2H3,(H,27,28,32). The summed E-state index contributed by atoms with van der Waals surface area (Å²) in [4.78, 5) is 21.2. The smallest absolute Gasteiger partial charge is 0.383 e. The summed E-state index contributed by atoms with van der Waals surface area (Å²) >= 11 is 0. The second kappa shape index (κ2) is 8.98. The van der Waals surface area contributed by atoms with Gasteiger partial charge in [-0.3, -0.25) is 9.78 Å². The number of ether oxygens (including phenoxy) is 1. The highest BCUT2D eigenvalue weighted by Gasteiger charge is 2.38. The lowest BCUT2D eigenvalue weighted by molar-refractivity contribution is -0.162. The summed E-state index contributed by atoms with van der Waals surface area (Å²) in [6.45, 7) is 2.14. The van der Waals surface area contributed by atoms with Gasteiger partial charge in [-0.2, -0.15) is 13.2 Å². The zero-order chi connectivity index (χ0) is 23.6. The average molecular weight is 459 g/mol. The molecule has 0 aliphatic heterocycles. The molecule has 172 valence electrons. The fourth-order valence-corrected chi connectivity index (χ4v) is 3.27. The highest BCUT2D eigenvalue weighted by atomic mass is 19.4. The lowest BCUT2D eigenvalue weighted by atomic mass is 10.2. The van der Waals surface area contributed by atoms with E-state index >= 15 is 0 Å². The Kier molecular flexibility index (Phi) is 6.09. The number of carbonyl (C=O) groups excluding carboxylic acids is 1. The lowest BCUT2D eigenvalue weighted by Gasteiger charge is -2.18. The van der Waals surface area contributed by atoms with Crippen LogP contribution in [0.25, 0.3) is 22.4 Å². The van der Waals surface area contributed by atoms with Gasteiger partial charge in [0.1, 0.15) is 29.6 Å². The lowest BCUT2D eigenvalue weighted by Crippen LogP contribution is -2.24. The van der Waals surface area contributed by atoms with Gasteiger partial charge in [0.05, 0.1) is 12.1 Å².